The van der Waals surface area contributed by atoms with Gasteiger partial charge in [-0.1, -0.05) is 6.07 Å². The van der Waals surface area contributed by atoms with Gasteiger partial charge in [-0.2, -0.15) is 18.3 Å². The van der Waals surface area contributed by atoms with E-state index in [4.69, 9.17) is 0 Å². The van der Waals surface area contributed by atoms with Crippen LogP contribution in [0.25, 0.3) is 5.69 Å². The zero-order chi connectivity index (χ0) is 24.2. The molecule has 1 aromatic carbocycles. The Labute approximate surface area is 197 Å². The number of carbonyl (C=O) groups is 1. The third-order valence-corrected chi connectivity index (χ3v) is 7.68. The molecule has 1 aromatic heterocycles. The molecule has 3 aliphatic rings. The lowest BCUT2D eigenvalue weighted by atomic mass is 10.0. The summed E-state index contributed by atoms with van der Waals surface area (Å²) in [5, 5.41) is 14.6. The van der Waals surface area contributed by atoms with Gasteiger partial charge in [0, 0.05) is 37.6 Å². The van der Waals surface area contributed by atoms with Crippen molar-refractivity contribution in [1.29, 1.82) is 0 Å². The van der Waals surface area contributed by atoms with Crippen LogP contribution in [0.4, 0.5) is 13.2 Å². The van der Waals surface area contributed by atoms with E-state index in [9.17, 15) is 23.1 Å². The van der Waals surface area contributed by atoms with Gasteiger partial charge >= 0.3 is 6.18 Å². The second-order valence-corrected chi connectivity index (χ2v) is 9.94. The fraction of sp³-hybridized carbons (Fsp3) is 0.600. The van der Waals surface area contributed by atoms with Crippen molar-refractivity contribution in [2.24, 2.45) is 0 Å². The Morgan fingerprint density at radius 3 is 2.38 bits per heavy atom. The number of aliphatic hydroxyl groups is 1. The van der Waals surface area contributed by atoms with E-state index in [0.717, 1.165) is 56.5 Å². The van der Waals surface area contributed by atoms with Crippen LogP contribution in [0.1, 0.15) is 72.3 Å². The first-order chi connectivity index (χ1) is 16.1. The van der Waals surface area contributed by atoms with Gasteiger partial charge in [0.1, 0.15) is 0 Å². The van der Waals surface area contributed by atoms with Crippen LogP contribution in [0.5, 0.6) is 0 Å². The molecule has 2 aromatic rings. The van der Waals surface area contributed by atoms with Crippen LogP contribution in [0.3, 0.4) is 0 Å². The van der Waals surface area contributed by atoms with Gasteiger partial charge in [0.15, 0.2) is 0 Å². The molecule has 3 heterocycles. The number of hydrogen-bond donors (Lipinski definition) is 1. The molecule has 3 fully saturated rings. The molecule has 0 unspecified atom stereocenters. The molecule has 1 amide bonds. The molecule has 34 heavy (non-hydrogen) atoms. The van der Waals surface area contributed by atoms with Gasteiger partial charge in [-0.05, 0) is 64.2 Å². The predicted molar refractivity (Wildman–Crippen MR) is 121 cm³/mol. The smallest absolute Gasteiger partial charge is 0.391 e. The van der Waals surface area contributed by atoms with Gasteiger partial charge in [0.25, 0.3) is 5.91 Å². The highest BCUT2D eigenvalue weighted by atomic mass is 19.4. The molecule has 0 bridgehead atoms. The van der Waals surface area contributed by atoms with Gasteiger partial charge < -0.3 is 10.0 Å². The number of carbonyl (C=O) groups excluding carboxylic acids is 1. The number of likely N-dealkylation sites (tertiary alicyclic amines) is 2. The van der Waals surface area contributed by atoms with Crippen LogP contribution in [0.15, 0.2) is 24.3 Å². The first-order valence-corrected chi connectivity index (χ1v) is 12.2. The molecule has 2 aliphatic heterocycles. The maximum atomic E-state index is 13.6. The average Bonchev–Trinajstić information content (AvgIpc) is 3.52. The topological polar surface area (TPSA) is 61.6 Å². The first kappa shape index (κ1) is 23.4. The predicted octanol–water partition coefficient (Wildman–Crippen LogP) is 4.14. The zero-order valence-corrected chi connectivity index (χ0v) is 19.6. The van der Waals surface area contributed by atoms with E-state index in [1.807, 2.05) is 4.90 Å². The Kier molecular flexibility index (Phi) is 5.96. The maximum Gasteiger partial charge on any atom is 0.416 e. The summed E-state index contributed by atoms with van der Waals surface area (Å²) in [5.41, 5.74) is 1.45. The molecule has 1 N–H and O–H groups in total. The van der Waals surface area contributed by atoms with E-state index in [2.05, 4.69) is 16.9 Å². The monoisotopic (exact) mass is 476 g/mol. The number of hydrogen-bond acceptors (Lipinski definition) is 4. The lowest BCUT2D eigenvalue weighted by Crippen LogP contribution is -2.48. The summed E-state index contributed by atoms with van der Waals surface area (Å²) in [6.07, 6.45) is -0.429. The number of rotatable bonds is 4. The number of benzene rings is 1. The standard InChI is InChI=1S/C25H31F3N4O2/c1-15-22(24(34)30-11-8-19(9-12-30)31-13-10-21(33)16(31)2)23(17-6-7-17)32(29-15)20-5-3-4-18(14-20)25(26,27)28/h3-5,14,16-17,19,21,33H,6-13H2,1-2H3/t16-,21-/m1/s1. The van der Waals surface area contributed by atoms with Crippen molar-refractivity contribution in [1.82, 2.24) is 19.6 Å². The summed E-state index contributed by atoms with van der Waals surface area (Å²) in [4.78, 5) is 17.8. The van der Waals surface area contributed by atoms with Crippen LogP contribution in [-0.2, 0) is 6.18 Å². The summed E-state index contributed by atoms with van der Waals surface area (Å²) in [6, 6.07) is 5.64. The first-order valence-electron chi connectivity index (χ1n) is 12.2. The summed E-state index contributed by atoms with van der Waals surface area (Å²) < 4.78 is 41.4. The minimum absolute atomic E-state index is 0.0782. The minimum atomic E-state index is -4.44. The Morgan fingerprint density at radius 1 is 1.09 bits per heavy atom. The van der Waals surface area contributed by atoms with Gasteiger partial charge in [-0.15, -0.1) is 0 Å². The number of alkyl halides is 3. The summed E-state index contributed by atoms with van der Waals surface area (Å²) in [5.74, 6) is 0.0600. The minimum Gasteiger partial charge on any atom is -0.391 e. The van der Waals surface area contributed by atoms with Crippen LogP contribution in [-0.4, -0.2) is 68.4 Å². The Balaban J connectivity index is 1.39. The maximum absolute atomic E-state index is 13.6. The van der Waals surface area contributed by atoms with Crippen molar-refractivity contribution in [3.8, 4) is 5.69 Å². The second kappa shape index (κ2) is 8.68. The van der Waals surface area contributed by atoms with Gasteiger partial charge in [0.2, 0.25) is 0 Å². The lowest BCUT2D eigenvalue weighted by Gasteiger charge is -2.39. The van der Waals surface area contributed by atoms with Crippen LogP contribution >= 0.6 is 0 Å². The molecule has 9 heteroatoms. The summed E-state index contributed by atoms with van der Waals surface area (Å²) >= 11 is 0. The molecule has 2 atom stereocenters. The fourth-order valence-corrected chi connectivity index (χ4v) is 5.58. The molecular formula is C25H31F3N4O2. The van der Waals surface area contributed by atoms with Crippen LogP contribution < -0.4 is 0 Å². The van der Waals surface area contributed by atoms with Crippen molar-refractivity contribution >= 4 is 5.91 Å². The molecule has 2 saturated heterocycles. The number of aliphatic hydroxyl groups excluding tert-OH is 1. The van der Waals surface area contributed by atoms with E-state index >= 15 is 0 Å². The van der Waals surface area contributed by atoms with Crippen molar-refractivity contribution in [3.05, 3.63) is 46.8 Å². The van der Waals surface area contributed by atoms with Crippen LogP contribution in [0.2, 0.25) is 0 Å². The Hall–Kier alpha value is -2.39. The second-order valence-electron chi connectivity index (χ2n) is 9.94. The number of aromatic nitrogens is 2. The van der Waals surface area contributed by atoms with E-state index in [-0.39, 0.29) is 24.0 Å². The highest BCUT2D eigenvalue weighted by Gasteiger charge is 2.39. The molecule has 6 nitrogen and oxygen atoms in total. The zero-order valence-electron chi connectivity index (χ0n) is 19.6. The van der Waals surface area contributed by atoms with Gasteiger partial charge in [0.05, 0.1) is 34.3 Å². The molecule has 5 rings (SSSR count). The lowest BCUT2D eigenvalue weighted by molar-refractivity contribution is -0.137. The SMILES string of the molecule is Cc1nn(-c2cccc(C(F)(F)F)c2)c(C2CC2)c1C(=O)N1CCC(N2CC[C@@H](O)[C@H]2C)CC1. The van der Waals surface area contributed by atoms with Gasteiger partial charge in [-0.3, -0.25) is 9.69 Å². The highest BCUT2D eigenvalue weighted by Crippen LogP contribution is 2.44. The molecular weight excluding hydrogens is 445 g/mol. The number of aryl methyl sites for hydroxylation is 1. The number of amides is 1. The average molecular weight is 477 g/mol. The normalized spacial score (nSPS) is 24.7. The number of piperidine rings is 1. The molecule has 184 valence electrons. The van der Waals surface area contributed by atoms with Crippen molar-refractivity contribution in [3.63, 3.8) is 0 Å². The van der Waals surface area contributed by atoms with E-state index in [1.165, 1.54) is 6.07 Å². The highest BCUT2D eigenvalue weighted by molar-refractivity contribution is 5.97. The van der Waals surface area contributed by atoms with E-state index in [1.54, 1.807) is 17.7 Å². The summed E-state index contributed by atoms with van der Waals surface area (Å²) in [6.45, 7) is 5.96. The van der Waals surface area contributed by atoms with E-state index < -0.39 is 11.7 Å². The summed E-state index contributed by atoms with van der Waals surface area (Å²) in [7, 11) is 0. The number of nitrogens with zero attached hydrogens (tertiary/aromatic N) is 4. The largest absolute Gasteiger partial charge is 0.416 e. The van der Waals surface area contributed by atoms with Gasteiger partial charge in [-0.25, -0.2) is 4.68 Å². The van der Waals surface area contributed by atoms with Crippen molar-refractivity contribution in [2.75, 3.05) is 19.6 Å². The molecule has 1 aliphatic carbocycles. The third-order valence-electron chi connectivity index (χ3n) is 7.68. The van der Waals surface area contributed by atoms with Crippen molar-refractivity contribution in [2.45, 2.75) is 76.2 Å². The Bertz CT molecular complexity index is 1070. The third kappa shape index (κ3) is 4.24. The molecule has 0 spiro atoms. The van der Waals surface area contributed by atoms with E-state index in [0.29, 0.717) is 36.1 Å². The molecule has 1 saturated carbocycles. The number of halogens is 3. The van der Waals surface area contributed by atoms with Crippen LogP contribution in [0, 0.1) is 6.92 Å². The fourth-order valence-electron chi connectivity index (χ4n) is 5.58. The molecule has 0 radical (unpaired) electrons. The Morgan fingerprint density at radius 2 is 1.79 bits per heavy atom. The quantitative estimate of drug-likeness (QED) is 0.721. The van der Waals surface area contributed by atoms with Crippen molar-refractivity contribution < 1.29 is 23.1 Å².